The van der Waals surface area contributed by atoms with Crippen molar-refractivity contribution in [2.75, 3.05) is 14.1 Å². The van der Waals surface area contributed by atoms with Crippen LogP contribution in [0.3, 0.4) is 0 Å². The Balaban J connectivity index is 0.00000108. The Morgan fingerprint density at radius 1 is 1.18 bits per heavy atom. The van der Waals surface area contributed by atoms with Gasteiger partial charge >= 0.3 is 0 Å². The summed E-state index contributed by atoms with van der Waals surface area (Å²) >= 11 is 0. The number of hydrogen-bond donors (Lipinski definition) is 0. The number of fused-ring (bicyclic) bond motifs is 2. The molecule has 0 bridgehead atoms. The van der Waals surface area contributed by atoms with Gasteiger partial charge in [-0.2, -0.15) is 0 Å². The monoisotopic (exact) mass is 250 g/mol. The van der Waals surface area contributed by atoms with Crippen LogP contribution >= 0.6 is 12.4 Å². The van der Waals surface area contributed by atoms with Crippen molar-refractivity contribution in [3.63, 3.8) is 0 Å². The lowest BCUT2D eigenvalue weighted by atomic mass is 9.90. The molecule has 1 aliphatic heterocycles. The standard InChI is InChI=1S/C14H18N2.ClH/c1-16(2)10-7-8-14-12(9-10)11-5-3-4-6-13(11)15-14;/h5,9H,3-4,6-8H2,1-2H3;1H. The lowest BCUT2D eigenvalue weighted by Gasteiger charge is -2.22. The topological polar surface area (TPSA) is 15.6 Å². The highest BCUT2D eigenvalue weighted by Gasteiger charge is 2.26. The molecule has 0 radical (unpaired) electrons. The van der Waals surface area contributed by atoms with Crippen molar-refractivity contribution >= 4 is 18.1 Å². The van der Waals surface area contributed by atoms with Crippen LogP contribution in [0.2, 0.25) is 0 Å². The molecule has 3 heteroatoms. The normalized spacial score (nSPS) is 21.9. The summed E-state index contributed by atoms with van der Waals surface area (Å²) in [6.45, 7) is 0. The summed E-state index contributed by atoms with van der Waals surface area (Å²) in [4.78, 5) is 7.02. The summed E-state index contributed by atoms with van der Waals surface area (Å²) in [5.74, 6) is 0. The predicted octanol–water partition coefficient (Wildman–Crippen LogP) is 3.47. The molecule has 0 atom stereocenters. The second kappa shape index (κ2) is 4.69. The lowest BCUT2D eigenvalue weighted by molar-refractivity contribution is 0.482. The molecule has 1 heterocycles. The van der Waals surface area contributed by atoms with Crippen LogP contribution < -0.4 is 0 Å². The highest BCUT2D eigenvalue weighted by atomic mass is 35.5. The van der Waals surface area contributed by atoms with Crippen LogP contribution in [0.1, 0.15) is 32.1 Å². The van der Waals surface area contributed by atoms with Gasteiger partial charge in [0.25, 0.3) is 0 Å². The van der Waals surface area contributed by atoms with Crippen LogP contribution in [-0.4, -0.2) is 24.7 Å². The van der Waals surface area contributed by atoms with Crippen LogP contribution in [0.4, 0.5) is 0 Å². The molecule has 0 aromatic heterocycles. The Labute approximate surface area is 109 Å². The van der Waals surface area contributed by atoms with Crippen molar-refractivity contribution in [1.29, 1.82) is 0 Å². The first-order valence-electron chi connectivity index (χ1n) is 6.15. The lowest BCUT2D eigenvalue weighted by Crippen LogP contribution is -2.14. The van der Waals surface area contributed by atoms with Gasteiger partial charge in [0, 0.05) is 42.3 Å². The zero-order valence-corrected chi connectivity index (χ0v) is 11.3. The molecule has 0 saturated heterocycles. The molecule has 3 aliphatic rings. The number of halogens is 1. The molecule has 0 saturated carbocycles. The van der Waals surface area contributed by atoms with Gasteiger partial charge in [0.2, 0.25) is 0 Å². The maximum atomic E-state index is 4.79. The average molecular weight is 251 g/mol. The number of aliphatic imine (C=N–C) groups is 1. The summed E-state index contributed by atoms with van der Waals surface area (Å²) in [5.41, 5.74) is 6.94. The number of allylic oxidation sites excluding steroid dienone is 6. The Kier molecular flexibility index (Phi) is 3.43. The second-order valence-electron chi connectivity index (χ2n) is 4.96. The van der Waals surface area contributed by atoms with E-state index in [-0.39, 0.29) is 12.4 Å². The van der Waals surface area contributed by atoms with Crippen molar-refractivity contribution in [2.24, 2.45) is 4.99 Å². The van der Waals surface area contributed by atoms with E-state index in [2.05, 4.69) is 31.1 Å². The van der Waals surface area contributed by atoms with E-state index in [9.17, 15) is 0 Å². The van der Waals surface area contributed by atoms with Gasteiger partial charge < -0.3 is 4.90 Å². The van der Waals surface area contributed by atoms with Crippen molar-refractivity contribution in [1.82, 2.24) is 4.90 Å². The molecule has 2 nitrogen and oxygen atoms in total. The average Bonchev–Trinajstić information content (AvgIpc) is 2.66. The van der Waals surface area contributed by atoms with E-state index in [4.69, 9.17) is 4.99 Å². The Bertz CT molecular complexity index is 453. The van der Waals surface area contributed by atoms with Crippen LogP contribution in [0.15, 0.2) is 39.7 Å². The van der Waals surface area contributed by atoms with E-state index < -0.39 is 0 Å². The van der Waals surface area contributed by atoms with E-state index in [1.54, 1.807) is 0 Å². The molecule has 0 spiro atoms. The van der Waals surface area contributed by atoms with Gasteiger partial charge in [-0.3, -0.25) is 4.99 Å². The van der Waals surface area contributed by atoms with Gasteiger partial charge in [0.15, 0.2) is 0 Å². The molecule has 3 rings (SSSR count). The van der Waals surface area contributed by atoms with Gasteiger partial charge in [-0.05, 0) is 38.2 Å². The molecule has 0 amide bonds. The second-order valence-corrected chi connectivity index (χ2v) is 4.96. The molecular formula is C14H19ClN2. The Morgan fingerprint density at radius 3 is 2.76 bits per heavy atom. The van der Waals surface area contributed by atoms with Crippen molar-refractivity contribution < 1.29 is 0 Å². The van der Waals surface area contributed by atoms with Crippen molar-refractivity contribution in [2.45, 2.75) is 32.1 Å². The molecule has 2 aliphatic carbocycles. The fourth-order valence-electron chi connectivity index (χ4n) is 2.72. The van der Waals surface area contributed by atoms with E-state index in [0.717, 1.165) is 12.8 Å². The van der Waals surface area contributed by atoms with E-state index in [1.807, 2.05) is 0 Å². The van der Waals surface area contributed by atoms with Crippen LogP contribution in [0, 0.1) is 0 Å². The zero-order chi connectivity index (χ0) is 11.1. The van der Waals surface area contributed by atoms with Crippen molar-refractivity contribution in [3.05, 3.63) is 34.7 Å². The molecular weight excluding hydrogens is 232 g/mol. The predicted molar refractivity (Wildman–Crippen MR) is 74.6 cm³/mol. The molecule has 92 valence electrons. The first kappa shape index (κ1) is 12.4. The SMILES string of the molecule is CN(C)C1=CC2=C(CC1)N=C1CCCC=C12.Cl. The smallest absolute Gasteiger partial charge is 0.0490 e. The summed E-state index contributed by atoms with van der Waals surface area (Å²) in [7, 11) is 4.26. The minimum absolute atomic E-state index is 0. The minimum Gasteiger partial charge on any atom is -0.381 e. The van der Waals surface area contributed by atoms with Crippen LogP contribution in [-0.2, 0) is 0 Å². The highest BCUT2D eigenvalue weighted by molar-refractivity contribution is 6.08. The fourth-order valence-corrected chi connectivity index (χ4v) is 2.72. The summed E-state index contributed by atoms with van der Waals surface area (Å²) in [5, 5.41) is 0. The maximum absolute atomic E-state index is 4.79. The summed E-state index contributed by atoms with van der Waals surface area (Å²) in [6.07, 6.45) is 10.6. The Hall–Kier alpha value is -1.02. The van der Waals surface area contributed by atoms with Gasteiger partial charge in [-0.25, -0.2) is 0 Å². The number of hydrogen-bond acceptors (Lipinski definition) is 2. The first-order valence-corrected chi connectivity index (χ1v) is 6.15. The molecule has 17 heavy (non-hydrogen) atoms. The molecule has 0 aromatic rings. The highest BCUT2D eigenvalue weighted by Crippen LogP contribution is 2.38. The maximum Gasteiger partial charge on any atom is 0.0490 e. The molecule has 0 unspecified atom stereocenters. The van der Waals surface area contributed by atoms with Crippen molar-refractivity contribution in [3.8, 4) is 0 Å². The molecule has 0 aromatic carbocycles. The van der Waals surface area contributed by atoms with E-state index in [0.29, 0.717) is 0 Å². The molecule has 0 N–H and O–H groups in total. The zero-order valence-electron chi connectivity index (χ0n) is 10.5. The largest absolute Gasteiger partial charge is 0.381 e. The number of rotatable bonds is 1. The fraction of sp³-hybridized carbons (Fsp3) is 0.500. The van der Waals surface area contributed by atoms with E-state index >= 15 is 0 Å². The third-order valence-electron chi connectivity index (χ3n) is 3.65. The van der Waals surface area contributed by atoms with Gasteiger partial charge in [-0.15, -0.1) is 12.4 Å². The Morgan fingerprint density at radius 2 is 2.00 bits per heavy atom. The van der Waals surface area contributed by atoms with Crippen LogP contribution in [0.5, 0.6) is 0 Å². The summed E-state index contributed by atoms with van der Waals surface area (Å²) < 4.78 is 0. The molecule has 0 fully saturated rings. The first-order chi connectivity index (χ1) is 7.75. The third kappa shape index (κ3) is 2.06. The third-order valence-corrected chi connectivity index (χ3v) is 3.65. The van der Waals surface area contributed by atoms with E-state index in [1.165, 1.54) is 47.5 Å². The minimum atomic E-state index is 0. The quantitative estimate of drug-likeness (QED) is 0.696. The van der Waals surface area contributed by atoms with Crippen LogP contribution in [0.25, 0.3) is 0 Å². The number of nitrogens with zero attached hydrogens (tertiary/aromatic N) is 2. The van der Waals surface area contributed by atoms with Gasteiger partial charge in [-0.1, -0.05) is 6.08 Å². The van der Waals surface area contributed by atoms with Gasteiger partial charge in [0.05, 0.1) is 0 Å². The summed E-state index contributed by atoms with van der Waals surface area (Å²) in [6, 6.07) is 0. The van der Waals surface area contributed by atoms with Gasteiger partial charge in [0.1, 0.15) is 0 Å².